The van der Waals surface area contributed by atoms with Crippen molar-refractivity contribution >= 4 is 28.7 Å². The van der Waals surface area contributed by atoms with Gasteiger partial charge in [-0.1, -0.05) is 25.4 Å². The molecular formula is C12H19ClFN3O. The van der Waals surface area contributed by atoms with E-state index < -0.39 is 5.82 Å². The van der Waals surface area contributed by atoms with E-state index in [-0.39, 0.29) is 34.7 Å². The predicted molar refractivity (Wildman–Crippen MR) is 74.2 cm³/mol. The zero-order valence-electron chi connectivity index (χ0n) is 10.5. The molecule has 0 fully saturated rings. The van der Waals surface area contributed by atoms with E-state index in [4.69, 9.17) is 23.1 Å². The van der Waals surface area contributed by atoms with Crippen LogP contribution in [0.15, 0.2) is 6.07 Å². The summed E-state index contributed by atoms with van der Waals surface area (Å²) in [6.07, 6.45) is 0.692. The van der Waals surface area contributed by atoms with Crippen molar-refractivity contribution in [2.24, 2.45) is 5.92 Å². The quantitative estimate of drug-likeness (QED) is 0.622. The third-order valence-corrected chi connectivity index (χ3v) is 2.97. The van der Waals surface area contributed by atoms with Gasteiger partial charge in [0, 0.05) is 6.04 Å². The van der Waals surface area contributed by atoms with Gasteiger partial charge in [0.15, 0.2) is 5.82 Å². The molecule has 0 aliphatic carbocycles. The lowest BCUT2D eigenvalue weighted by atomic mass is 10.0. The van der Waals surface area contributed by atoms with Crippen LogP contribution < -0.4 is 16.8 Å². The van der Waals surface area contributed by atoms with Crippen molar-refractivity contribution in [3.05, 3.63) is 16.9 Å². The molecule has 1 atom stereocenters. The zero-order valence-corrected chi connectivity index (χ0v) is 11.3. The summed E-state index contributed by atoms with van der Waals surface area (Å²) < 4.78 is 13.9. The number of halogens is 2. The molecule has 0 bridgehead atoms. The first-order valence-corrected chi connectivity index (χ1v) is 6.14. The van der Waals surface area contributed by atoms with Crippen molar-refractivity contribution in [1.82, 2.24) is 0 Å². The van der Waals surface area contributed by atoms with Crippen molar-refractivity contribution < 1.29 is 9.50 Å². The Morgan fingerprint density at radius 3 is 2.50 bits per heavy atom. The molecule has 18 heavy (non-hydrogen) atoms. The van der Waals surface area contributed by atoms with Crippen LogP contribution in [0.4, 0.5) is 21.5 Å². The van der Waals surface area contributed by atoms with Gasteiger partial charge in [0.05, 0.1) is 23.7 Å². The predicted octanol–water partition coefficient (Wildman–Crippen LogP) is 2.46. The molecule has 0 radical (unpaired) electrons. The lowest BCUT2D eigenvalue weighted by molar-refractivity contribution is 0.259. The molecule has 1 unspecified atom stereocenters. The third-order valence-electron chi connectivity index (χ3n) is 2.59. The van der Waals surface area contributed by atoms with E-state index in [2.05, 4.69) is 5.32 Å². The number of hydrogen-bond acceptors (Lipinski definition) is 4. The highest BCUT2D eigenvalue weighted by molar-refractivity contribution is 6.33. The number of nitrogens with two attached hydrogens (primary N) is 2. The van der Waals surface area contributed by atoms with Crippen LogP contribution >= 0.6 is 11.6 Å². The second-order valence-electron chi connectivity index (χ2n) is 4.71. The fourth-order valence-corrected chi connectivity index (χ4v) is 1.91. The van der Waals surface area contributed by atoms with Crippen LogP contribution in [0.1, 0.15) is 20.3 Å². The maximum atomic E-state index is 13.9. The first-order valence-electron chi connectivity index (χ1n) is 5.77. The highest BCUT2D eigenvalue weighted by Crippen LogP contribution is 2.34. The van der Waals surface area contributed by atoms with Crippen LogP contribution in [0.2, 0.25) is 5.02 Å². The number of aliphatic hydroxyl groups excluding tert-OH is 1. The maximum Gasteiger partial charge on any atom is 0.169 e. The fourth-order valence-electron chi connectivity index (χ4n) is 1.77. The van der Waals surface area contributed by atoms with Crippen LogP contribution in [-0.4, -0.2) is 17.8 Å². The molecule has 6 N–H and O–H groups in total. The standard InChI is InChI=1S/C12H19ClFN3O/c1-6(2)3-7(5-18)17-12-9(16)4-8(15)10(13)11(12)14/h4,6-7,17-18H,3,5,15-16H2,1-2H3. The van der Waals surface area contributed by atoms with Crippen molar-refractivity contribution in [2.75, 3.05) is 23.4 Å². The summed E-state index contributed by atoms with van der Waals surface area (Å²) in [5.41, 5.74) is 11.6. The van der Waals surface area contributed by atoms with Crippen molar-refractivity contribution in [2.45, 2.75) is 26.3 Å². The van der Waals surface area contributed by atoms with Crippen LogP contribution in [0.5, 0.6) is 0 Å². The number of anilines is 3. The van der Waals surface area contributed by atoms with Crippen molar-refractivity contribution in [3.8, 4) is 0 Å². The Hall–Kier alpha value is -1.20. The largest absolute Gasteiger partial charge is 0.397 e. The molecule has 102 valence electrons. The van der Waals surface area contributed by atoms with E-state index in [9.17, 15) is 9.50 Å². The van der Waals surface area contributed by atoms with Gasteiger partial charge in [-0.05, 0) is 18.4 Å². The Labute approximate surface area is 111 Å². The minimum atomic E-state index is -0.684. The number of aliphatic hydroxyl groups is 1. The van der Waals surface area contributed by atoms with Gasteiger partial charge in [-0.3, -0.25) is 0 Å². The van der Waals surface area contributed by atoms with Crippen LogP contribution in [0.25, 0.3) is 0 Å². The van der Waals surface area contributed by atoms with E-state index >= 15 is 0 Å². The minimum absolute atomic E-state index is 0.0916. The average Bonchev–Trinajstić information content (AvgIpc) is 2.29. The van der Waals surface area contributed by atoms with Gasteiger partial charge in [-0.25, -0.2) is 4.39 Å². The van der Waals surface area contributed by atoms with E-state index in [1.807, 2.05) is 13.8 Å². The Bertz CT molecular complexity index is 426. The average molecular weight is 276 g/mol. The Morgan fingerprint density at radius 1 is 1.39 bits per heavy atom. The molecule has 0 aliphatic rings. The zero-order chi connectivity index (χ0) is 13.9. The van der Waals surface area contributed by atoms with Gasteiger partial charge in [0.1, 0.15) is 5.02 Å². The van der Waals surface area contributed by atoms with Crippen molar-refractivity contribution in [1.29, 1.82) is 0 Å². The normalized spacial score (nSPS) is 12.8. The molecule has 0 aliphatic heterocycles. The lowest BCUT2D eigenvalue weighted by Crippen LogP contribution is -2.26. The molecular weight excluding hydrogens is 257 g/mol. The molecule has 6 heteroatoms. The number of hydrogen-bond donors (Lipinski definition) is 4. The number of benzene rings is 1. The van der Waals surface area contributed by atoms with Crippen LogP contribution in [0, 0.1) is 11.7 Å². The van der Waals surface area contributed by atoms with Crippen LogP contribution in [0.3, 0.4) is 0 Å². The Balaban J connectivity index is 2.99. The summed E-state index contributed by atoms with van der Waals surface area (Å²) in [4.78, 5) is 0. The number of nitrogens with one attached hydrogen (secondary N) is 1. The second kappa shape index (κ2) is 6.11. The summed E-state index contributed by atoms with van der Waals surface area (Å²) in [7, 11) is 0. The molecule has 1 rings (SSSR count). The van der Waals surface area contributed by atoms with E-state index in [1.165, 1.54) is 6.07 Å². The molecule has 0 amide bonds. The highest BCUT2D eigenvalue weighted by atomic mass is 35.5. The van der Waals surface area contributed by atoms with Gasteiger partial charge in [0.25, 0.3) is 0 Å². The van der Waals surface area contributed by atoms with E-state index in [1.54, 1.807) is 0 Å². The second-order valence-corrected chi connectivity index (χ2v) is 5.09. The van der Waals surface area contributed by atoms with Gasteiger partial charge < -0.3 is 21.9 Å². The van der Waals surface area contributed by atoms with Crippen molar-refractivity contribution in [3.63, 3.8) is 0 Å². The van der Waals surface area contributed by atoms with Gasteiger partial charge >= 0.3 is 0 Å². The minimum Gasteiger partial charge on any atom is -0.397 e. The third kappa shape index (κ3) is 3.40. The molecule has 4 nitrogen and oxygen atoms in total. The SMILES string of the molecule is CC(C)CC(CO)Nc1c(N)cc(N)c(Cl)c1F. The Kier molecular flexibility index (Phi) is 5.04. The van der Waals surface area contributed by atoms with Gasteiger partial charge in [-0.15, -0.1) is 0 Å². The molecule has 0 spiro atoms. The molecule has 1 aromatic rings. The lowest BCUT2D eigenvalue weighted by Gasteiger charge is -2.21. The fraction of sp³-hybridized carbons (Fsp3) is 0.500. The van der Waals surface area contributed by atoms with Gasteiger partial charge in [-0.2, -0.15) is 0 Å². The summed E-state index contributed by atoms with van der Waals surface area (Å²) in [5.74, 6) is -0.320. The highest BCUT2D eigenvalue weighted by Gasteiger charge is 2.18. The number of nitrogen functional groups attached to an aromatic ring is 2. The molecule has 0 aromatic heterocycles. The first-order chi connectivity index (χ1) is 8.36. The molecule has 1 aromatic carbocycles. The van der Waals surface area contributed by atoms with E-state index in [0.29, 0.717) is 12.3 Å². The monoisotopic (exact) mass is 275 g/mol. The first kappa shape index (κ1) is 14.9. The van der Waals surface area contributed by atoms with Crippen LogP contribution in [-0.2, 0) is 0 Å². The molecule has 0 saturated heterocycles. The molecule has 0 heterocycles. The Morgan fingerprint density at radius 2 is 2.00 bits per heavy atom. The summed E-state index contributed by atoms with van der Waals surface area (Å²) in [6.45, 7) is 3.92. The topological polar surface area (TPSA) is 84.3 Å². The summed E-state index contributed by atoms with van der Waals surface area (Å²) in [5, 5.41) is 12.0. The van der Waals surface area contributed by atoms with Gasteiger partial charge in [0.2, 0.25) is 0 Å². The smallest absolute Gasteiger partial charge is 0.169 e. The van der Waals surface area contributed by atoms with E-state index in [0.717, 1.165) is 0 Å². The summed E-state index contributed by atoms with van der Waals surface area (Å²) in [6, 6.07) is 1.12. The maximum absolute atomic E-state index is 13.9. The number of rotatable bonds is 5. The molecule has 0 saturated carbocycles. The summed E-state index contributed by atoms with van der Waals surface area (Å²) >= 11 is 5.73.